The molecule has 0 saturated heterocycles. The Hall–Kier alpha value is -2.48. The minimum Gasteiger partial charge on any atom is -0.489 e. The molecule has 36 heavy (non-hydrogen) atoms. The third kappa shape index (κ3) is 6.84. The van der Waals surface area contributed by atoms with Crippen molar-refractivity contribution in [1.29, 1.82) is 0 Å². The highest BCUT2D eigenvalue weighted by Crippen LogP contribution is 2.46. The predicted molar refractivity (Wildman–Crippen MR) is 158 cm³/mol. The summed E-state index contributed by atoms with van der Waals surface area (Å²) >= 11 is 0. The second kappa shape index (κ2) is 10.5. The van der Waals surface area contributed by atoms with E-state index in [0.717, 1.165) is 11.5 Å². The molecule has 2 rings (SSSR count). The van der Waals surface area contributed by atoms with Crippen LogP contribution in [0.1, 0.15) is 105 Å². The van der Waals surface area contributed by atoms with Crippen molar-refractivity contribution in [3.8, 4) is 22.6 Å². The molecule has 0 amide bonds. The van der Waals surface area contributed by atoms with Crippen LogP contribution >= 0.6 is 0 Å². The minimum atomic E-state index is -0.0841. The molecule has 0 bridgehead atoms. The fourth-order valence-electron chi connectivity index (χ4n) is 4.41. The van der Waals surface area contributed by atoms with Crippen molar-refractivity contribution in [2.24, 2.45) is 0 Å². The molecule has 2 aromatic rings. The second-order valence-electron chi connectivity index (χ2n) is 14.0. The molecule has 2 aromatic carbocycles. The average Bonchev–Trinajstić information content (AvgIpc) is 2.72. The lowest BCUT2D eigenvalue weighted by atomic mass is 9.75. The Labute approximate surface area is 221 Å². The summed E-state index contributed by atoms with van der Waals surface area (Å²) in [5.41, 5.74) is 6.95. The lowest BCUT2D eigenvalue weighted by Crippen LogP contribution is -2.21. The lowest BCUT2D eigenvalue weighted by Gasteiger charge is -2.32. The Balaban J connectivity index is 3.02. The highest BCUT2D eigenvalue weighted by atomic mass is 16.5. The van der Waals surface area contributed by atoms with Crippen molar-refractivity contribution in [2.45, 2.75) is 105 Å². The molecule has 0 spiro atoms. The maximum absolute atomic E-state index is 6.33. The van der Waals surface area contributed by atoms with E-state index in [1.165, 1.54) is 33.4 Å². The van der Waals surface area contributed by atoms with Gasteiger partial charge in [-0.25, -0.2) is 0 Å². The molecule has 198 valence electrons. The van der Waals surface area contributed by atoms with Gasteiger partial charge >= 0.3 is 0 Å². The van der Waals surface area contributed by atoms with Gasteiger partial charge in [0, 0.05) is 22.3 Å². The van der Waals surface area contributed by atoms with E-state index in [1.54, 1.807) is 0 Å². The Morgan fingerprint density at radius 3 is 0.889 bits per heavy atom. The van der Waals surface area contributed by atoms with E-state index >= 15 is 0 Å². The minimum absolute atomic E-state index is 0.0841. The van der Waals surface area contributed by atoms with Gasteiger partial charge in [-0.15, -0.1) is 0 Å². The molecular weight excluding hydrogens is 440 g/mol. The van der Waals surface area contributed by atoms with Crippen molar-refractivity contribution in [1.82, 2.24) is 0 Å². The van der Waals surface area contributed by atoms with E-state index in [1.807, 2.05) is 12.2 Å². The van der Waals surface area contributed by atoms with Crippen LogP contribution in [-0.4, -0.2) is 13.2 Å². The van der Waals surface area contributed by atoms with Crippen LogP contribution < -0.4 is 9.47 Å². The number of benzene rings is 2. The number of ether oxygens (including phenoxy) is 2. The van der Waals surface area contributed by atoms with Crippen LogP contribution in [0.5, 0.6) is 11.5 Å². The third-order valence-electron chi connectivity index (χ3n) is 6.43. The van der Waals surface area contributed by atoms with Crippen LogP contribution in [0.2, 0.25) is 0 Å². The quantitative estimate of drug-likeness (QED) is 0.360. The predicted octanol–water partition coefficient (Wildman–Crippen LogP) is 9.67. The summed E-state index contributed by atoms with van der Waals surface area (Å²) in [5, 5.41) is 0. The number of rotatable bonds is 7. The summed E-state index contributed by atoms with van der Waals surface area (Å²) in [5.74, 6) is 1.97. The normalized spacial score (nSPS) is 12.9. The maximum Gasteiger partial charge on any atom is 0.127 e. The molecule has 0 aliphatic heterocycles. The van der Waals surface area contributed by atoms with Gasteiger partial charge in [0.05, 0.1) is 0 Å². The van der Waals surface area contributed by atoms with Gasteiger partial charge in [-0.3, -0.25) is 0 Å². The zero-order chi connectivity index (χ0) is 27.7. The average molecular weight is 491 g/mol. The highest BCUT2D eigenvalue weighted by Gasteiger charge is 2.31. The summed E-state index contributed by atoms with van der Waals surface area (Å²) in [6, 6.07) is 9.30. The molecule has 0 aliphatic carbocycles. The molecule has 2 heteroatoms. The first kappa shape index (κ1) is 29.7. The molecule has 0 heterocycles. The number of hydrogen-bond acceptors (Lipinski definition) is 2. The van der Waals surface area contributed by atoms with E-state index < -0.39 is 0 Å². The Morgan fingerprint density at radius 1 is 0.500 bits per heavy atom. The zero-order valence-corrected chi connectivity index (χ0v) is 25.1. The van der Waals surface area contributed by atoms with Gasteiger partial charge in [0.25, 0.3) is 0 Å². The molecular formula is C34H50O2. The van der Waals surface area contributed by atoms with Crippen molar-refractivity contribution < 1.29 is 9.47 Å². The van der Waals surface area contributed by atoms with Crippen molar-refractivity contribution in [2.75, 3.05) is 13.2 Å². The van der Waals surface area contributed by atoms with Crippen molar-refractivity contribution >= 4 is 0 Å². The summed E-state index contributed by atoms with van der Waals surface area (Å²) < 4.78 is 12.7. The van der Waals surface area contributed by atoms with E-state index in [9.17, 15) is 0 Å². The van der Waals surface area contributed by atoms with Crippen LogP contribution in [0, 0.1) is 0 Å². The summed E-state index contributed by atoms with van der Waals surface area (Å²) in [4.78, 5) is 0. The molecule has 0 atom stereocenters. The molecule has 0 fully saturated rings. The Kier molecular flexibility index (Phi) is 8.66. The third-order valence-corrected chi connectivity index (χ3v) is 6.43. The zero-order valence-electron chi connectivity index (χ0n) is 25.1. The monoisotopic (exact) mass is 490 g/mol. The van der Waals surface area contributed by atoms with Gasteiger partial charge < -0.3 is 9.47 Å². The van der Waals surface area contributed by atoms with E-state index in [0.29, 0.717) is 13.2 Å². The first-order chi connectivity index (χ1) is 16.3. The maximum atomic E-state index is 6.33. The standard InChI is InChI=1S/C34H50O2/c1-15-17-35-29-25(31(3,4)5)19-23(20-26(29)32(6,7)8)24-21-27(33(9,10)11)30(36-18-16-2)28(22-24)34(12,13)14/h15-16,19-22H,1-2,17-18H2,3-14H3. The largest absolute Gasteiger partial charge is 0.489 e. The molecule has 0 aromatic heterocycles. The van der Waals surface area contributed by atoms with Gasteiger partial charge in [0.1, 0.15) is 24.7 Å². The van der Waals surface area contributed by atoms with Crippen molar-refractivity contribution in [3.05, 3.63) is 71.8 Å². The molecule has 0 N–H and O–H groups in total. The van der Waals surface area contributed by atoms with Gasteiger partial charge in [-0.1, -0.05) is 108 Å². The topological polar surface area (TPSA) is 18.5 Å². The van der Waals surface area contributed by atoms with Crippen LogP contribution in [0.25, 0.3) is 11.1 Å². The van der Waals surface area contributed by atoms with Gasteiger partial charge in [-0.2, -0.15) is 0 Å². The SMILES string of the molecule is C=CCOc1c(C(C)(C)C)cc(-c2cc(C(C)(C)C)c(OCC=C)c(C(C)(C)C)c2)cc1C(C)(C)C. The molecule has 2 nitrogen and oxygen atoms in total. The van der Waals surface area contributed by atoms with Gasteiger partial charge in [0.2, 0.25) is 0 Å². The Bertz CT molecular complexity index is 930. The smallest absolute Gasteiger partial charge is 0.127 e. The fraction of sp³-hybridized carbons (Fsp3) is 0.529. The van der Waals surface area contributed by atoms with Gasteiger partial charge in [0.15, 0.2) is 0 Å². The van der Waals surface area contributed by atoms with Crippen LogP contribution in [0.15, 0.2) is 49.6 Å². The molecule has 0 aliphatic rings. The van der Waals surface area contributed by atoms with Crippen LogP contribution in [0.4, 0.5) is 0 Å². The highest BCUT2D eigenvalue weighted by molar-refractivity contribution is 5.73. The molecule has 0 radical (unpaired) electrons. The van der Waals surface area contributed by atoms with Crippen LogP contribution in [0.3, 0.4) is 0 Å². The first-order valence-corrected chi connectivity index (χ1v) is 13.2. The number of hydrogen-bond donors (Lipinski definition) is 0. The first-order valence-electron chi connectivity index (χ1n) is 13.2. The second-order valence-corrected chi connectivity index (χ2v) is 14.0. The van der Waals surface area contributed by atoms with Gasteiger partial charge in [-0.05, 0) is 57.1 Å². The Morgan fingerprint density at radius 2 is 0.722 bits per heavy atom. The van der Waals surface area contributed by atoms with E-state index in [4.69, 9.17) is 9.47 Å². The lowest BCUT2D eigenvalue weighted by molar-refractivity contribution is 0.338. The summed E-state index contributed by atoms with van der Waals surface area (Å²) in [6.07, 6.45) is 3.64. The molecule has 0 saturated carbocycles. The van der Waals surface area contributed by atoms with E-state index in [-0.39, 0.29) is 21.7 Å². The fourth-order valence-corrected chi connectivity index (χ4v) is 4.41. The summed E-state index contributed by atoms with van der Waals surface area (Å²) in [6.45, 7) is 35.8. The van der Waals surface area contributed by atoms with E-state index in [2.05, 4.69) is 121 Å². The summed E-state index contributed by atoms with van der Waals surface area (Å²) in [7, 11) is 0. The van der Waals surface area contributed by atoms with Crippen molar-refractivity contribution in [3.63, 3.8) is 0 Å². The van der Waals surface area contributed by atoms with Crippen LogP contribution in [-0.2, 0) is 21.7 Å². The molecule has 0 unspecified atom stereocenters.